The molecule has 1 aliphatic rings. The lowest BCUT2D eigenvalue weighted by Crippen LogP contribution is -2.38. The Morgan fingerprint density at radius 3 is 2.60 bits per heavy atom. The van der Waals surface area contributed by atoms with Crippen molar-refractivity contribution in [1.29, 1.82) is 0 Å². The van der Waals surface area contributed by atoms with Gasteiger partial charge in [-0.2, -0.15) is 0 Å². The minimum atomic E-state index is 0.197. The van der Waals surface area contributed by atoms with Crippen LogP contribution in [0.2, 0.25) is 0 Å². The smallest absolute Gasteiger partial charge is 0.122 e. The Morgan fingerprint density at radius 2 is 2.00 bits per heavy atom. The van der Waals surface area contributed by atoms with E-state index in [0.29, 0.717) is 12.1 Å². The Hall–Kier alpha value is -1.02. The first-order valence-electron chi connectivity index (χ1n) is 7.93. The van der Waals surface area contributed by atoms with Gasteiger partial charge in [0.25, 0.3) is 0 Å². The van der Waals surface area contributed by atoms with Crippen LogP contribution in [0.1, 0.15) is 58.1 Å². The largest absolute Gasteiger partial charge is 0.489 e. The maximum Gasteiger partial charge on any atom is 0.122 e. The number of likely N-dealkylation sites (N-methyl/N-ethyl adjacent to an activating group) is 1. The SMILES string of the molecule is CCNC1CCCC1Oc1ccc(C(C)(C)C)cc1C. The predicted octanol–water partition coefficient (Wildman–Crippen LogP) is 4.20. The Kier molecular flexibility index (Phi) is 4.74. The normalized spacial score (nSPS) is 23.1. The monoisotopic (exact) mass is 275 g/mol. The molecule has 0 aliphatic heterocycles. The van der Waals surface area contributed by atoms with Gasteiger partial charge >= 0.3 is 0 Å². The van der Waals surface area contributed by atoms with Gasteiger partial charge < -0.3 is 10.1 Å². The van der Waals surface area contributed by atoms with E-state index in [2.05, 4.69) is 58.1 Å². The molecule has 2 unspecified atom stereocenters. The van der Waals surface area contributed by atoms with Gasteiger partial charge in [-0.3, -0.25) is 0 Å². The van der Waals surface area contributed by atoms with Crippen LogP contribution in [0.25, 0.3) is 0 Å². The summed E-state index contributed by atoms with van der Waals surface area (Å²) in [6.07, 6.45) is 3.99. The van der Waals surface area contributed by atoms with E-state index in [0.717, 1.165) is 18.7 Å². The first-order chi connectivity index (χ1) is 9.41. The fourth-order valence-corrected chi connectivity index (χ4v) is 2.97. The molecule has 1 fully saturated rings. The molecule has 1 aromatic carbocycles. The van der Waals surface area contributed by atoms with Gasteiger partial charge in [-0.25, -0.2) is 0 Å². The minimum Gasteiger partial charge on any atom is -0.489 e. The fraction of sp³-hybridized carbons (Fsp3) is 0.667. The molecular weight excluding hydrogens is 246 g/mol. The molecule has 2 atom stereocenters. The summed E-state index contributed by atoms with van der Waals surface area (Å²) in [4.78, 5) is 0. The molecule has 0 bridgehead atoms. The lowest BCUT2D eigenvalue weighted by atomic mass is 9.86. The second-order valence-electron chi connectivity index (χ2n) is 6.98. The summed E-state index contributed by atoms with van der Waals surface area (Å²) in [6, 6.07) is 7.14. The van der Waals surface area contributed by atoms with Crippen LogP contribution in [0.3, 0.4) is 0 Å². The molecule has 1 aromatic rings. The predicted molar refractivity (Wildman–Crippen MR) is 85.6 cm³/mol. The highest BCUT2D eigenvalue weighted by Gasteiger charge is 2.28. The topological polar surface area (TPSA) is 21.3 Å². The highest BCUT2D eigenvalue weighted by molar-refractivity contribution is 5.39. The van der Waals surface area contributed by atoms with E-state index in [1.54, 1.807) is 0 Å². The molecule has 0 spiro atoms. The van der Waals surface area contributed by atoms with E-state index >= 15 is 0 Å². The quantitative estimate of drug-likeness (QED) is 0.889. The van der Waals surface area contributed by atoms with Gasteiger partial charge in [-0.1, -0.05) is 39.8 Å². The van der Waals surface area contributed by atoms with Crippen LogP contribution >= 0.6 is 0 Å². The van der Waals surface area contributed by atoms with E-state index in [4.69, 9.17) is 4.74 Å². The zero-order chi connectivity index (χ0) is 14.8. The molecule has 0 saturated heterocycles. The van der Waals surface area contributed by atoms with Crippen molar-refractivity contribution in [2.75, 3.05) is 6.54 Å². The van der Waals surface area contributed by atoms with Gasteiger partial charge in [0.05, 0.1) is 0 Å². The lowest BCUT2D eigenvalue weighted by molar-refractivity contribution is 0.174. The molecule has 20 heavy (non-hydrogen) atoms. The molecule has 2 nitrogen and oxygen atoms in total. The number of hydrogen-bond acceptors (Lipinski definition) is 2. The van der Waals surface area contributed by atoms with E-state index in [1.165, 1.54) is 24.0 Å². The van der Waals surface area contributed by atoms with Crippen LogP contribution in [-0.2, 0) is 5.41 Å². The third-order valence-electron chi connectivity index (χ3n) is 4.24. The number of hydrogen-bond donors (Lipinski definition) is 1. The highest BCUT2D eigenvalue weighted by atomic mass is 16.5. The Morgan fingerprint density at radius 1 is 1.25 bits per heavy atom. The van der Waals surface area contributed by atoms with Crippen LogP contribution in [0.4, 0.5) is 0 Å². The van der Waals surface area contributed by atoms with Gasteiger partial charge in [0.15, 0.2) is 0 Å². The molecule has 2 heteroatoms. The third-order valence-corrected chi connectivity index (χ3v) is 4.24. The van der Waals surface area contributed by atoms with Crippen LogP contribution in [0, 0.1) is 6.92 Å². The molecule has 1 N–H and O–H groups in total. The Bertz CT molecular complexity index is 447. The first kappa shape index (κ1) is 15.4. The van der Waals surface area contributed by atoms with Crippen molar-refractivity contribution in [2.24, 2.45) is 0 Å². The van der Waals surface area contributed by atoms with Crippen molar-refractivity contribution in [2.45, 2.75) is 71.4 Å². The number of nitrogens with one attached hydrogen (secondary N) is 1. The fourth-order valence-electron chi connectivity index (χ4n) is 2.97. The van der Waals surface area contributed by atoms with E-state index in [-0.39, 0.29) is 5.41 Å². The van der Waals surface area contributed by atoms with Gasteiger partial charge in [0.2, 0.25) is 0 Å². The van der Waals surface area contributed by atoms with Crippen molar-refractivity contribution >= 4 is 0 Å². The number of rotatable bonds is 4. The maximum atomic E-state index is 6.28. The van der Waals surface area contributed by atoms with Crippen molar-refractivity contribution in [1.82, 2.24) is 5.32 Å². The minimum absolute atomic E-state index is 0.197. The van der Waals surface area contributed by atoms with Crippen molar-refractivity contribution in [3.63, 3.8) is 0 Å². The van der Waals surface area contributed by atoms with Gasteiger partial charge in [-0.15, -0.1) is 0 Å². The first-order valence-corrected chi connectivity index (χ1v) is 7.93. The molecule has 1 aliphatic carbocycles. The number of aryl methyl sites for hydroxylation is 1. The summed E-state index contributed by atoms with van der Waals surface area (Å²) in [5.74, 6) is 1.05. The van der Waals surface area contributed by atoms with E-state index in [1.807, 2.05) is 0 Å². The molecule has 2 rings (SSSR count). The molecule has 1 saturated carbocycles. The van der Waals surface area contributed by atoms with Crippen LogP contribution in [0.15, 0.2) is 18.2 Å². The standard InChI is InChI=1S/C18H29NO/c1-6-19-15-8-7-9-17(15)20-16-11-10-14(12-13(16)2)18(3,4)5/h10-12,15,17,19H,6-9H2,1-5H3. The molecular formula is C18H29NO. The summed E-state index contributed by atoms with van der Waals surface area (Å²) >= 11 is 0. The van der Waals surface area contributed by atoms with Crippen molar-refractivity contribution in [3.05, 3.63) is 29.3 Å². The van der Waals surface area contributed by atoms with Crippen LogP contribution < -0.4 is 10.1 Å². The van der Waals surface area contributed by atoms with Gasteiger partial charge in [0.1, 0.15) is 11.9 Å². The maximum absolute atomic E-state index is 6.28. The van der Waals surface area contributed by atoms with Crippen molar-refractivity contribution < 1.29 is 4.74 Å². The van der Waals surface area contributed by atoms with Gasteiger partial charge in [0, 0.05) is 6.04 Å². The molecule has 0 heterocycles. The molecule has 0 radical (unpaired) electrons. The summed E-state index contributed by atoms with van der Waals surface area (Å²) < 4.78 is 6.28. The van der Waals surface area contributed by atoms with Crippen LogP contribution in [0.5, 0.6) is 5.75 Å². The molecule has 0 aromatic heterocycles. The number of ether oxygens (including phenoxy) is 1. The second kappa shape index (κ2) is 6.17. The Balaban J connectivity index is 2.10. The zero-order valence-electron chi connectivity index (χ0n) is 13.6. The van der Waals surface area contributed by atoms with E-state index in [9.17, 15) is 0 Å². The summed E-state index contributed by atoms with van der Waals surface area (Å²) in [7, 11) is 0. The van der Waals surface area contributed by atoms with E-state index < -0.39 is 0 Å². The zero-order valence-corrected chi connectivity index (χ0v) is 13.6. The second-order valence-corrected chi connectivity index (χ2v) is 6.98. The highest BCUT2D eigenvalue weighted by Crippen LogP contribution is 2.30. The average Bonchev–Trinajstić information content (AvgIpc) is 2.78. The summed E-state index contributed by atoms with van der Waals surface area (Å²) in [6.45, 7) is 12.1. The molecule has 112 valence electrons. The van der Waals surface area contributed by atoms with Crippen LogP contribution in [-0.4, -0.2) is 18.7 Å². The van der Waals surface area contributed by atoms with Gasteiger partial charge in [-0.05, 0) is 55.3 Å². The molecule has 0 amide bonds. The average molecular weight is 275 g/mol. The van der Waals surface area contributed by atoms with Crippen molar-refractivity contribution in [3.8, 4) is 5.75 Å². The Labute approximate surface area is 123 Å². The number of benzene rings is 1. The summed E-state index contributed by atoms with van der Waals surface area (Å²) in [5, 5.41) is 3.54. The lowest BCUT2D eigenvalue weighted by Gasteiger charge is -2.24. The third kappa shape index (κ3) is 3.54. The summed E-state index contributed by atoms with van der Waals surface area (Å²) in [5.41, 5.74) is 2.82.